The molecule has 26 heavy (non-hydrogen) atoms. The number of H-pyrrole nitrogens is 1. The number of nitrogens with one attached hydrogen (secondary N) is 1. The van der Waals surface area contributed by atoms with E-state index in [0.717, 1.165) is 35.2 Å². The Hall–Kier alpha value is -2.44. The number of aryl methyl sites for hydroxylation is 1. The molecule has 1 saturated heterocycles. The van der Waals surface area contributed by atoms with Crippen LogP contribution in [0.3, 0.4) is 0 Å². The van der Waals surface area contributed by atoms with Crippen LogP contribution in [-0.2, 0) is 4.74 Å². The lowest BCUT2D eigenvalue weighted by atomic mass is 10.0. The topological polar surface area (TPSA) is 76.6 Å². The SMILES string of the molecule is COc1cc2[nH]c(=O)n(C3CCN(C(=O)OC(C)(C)C)CC3)c2cc1C. The molecule has 2 heterocycles. The van der Waals surface area contributed by atoms with Crippen molar-refractivity contribution in [3.05, 3.63) is 28.2 Å². The van der Waals surface area contributed by atoms with Crippen molar-refractivity contribution in [2.45, 2.75) is 52.2 Å². The lowest BCUT2D eigenvalue weighted by molar-refractivity contribution is 0.0189. The number of hydrogen-bond acceptors (Lipinski definition) is 4. The van der Waals surface area contributed by atoms with Crippen molar-refractivity contribution in [1.29, 1.82) is 0 Å². The Bertz CT molecular complexity index is 867. The van der Waals surface area contributed by atoms with Crippen molar-refractivity contribution < 1.29 is 14.3 Å². The third-order valence-corrected chi connectivity index (χ3v) is 4.71. The molecule has 1 aromatic carbocycles. The number of piperidine rings is 1. The molecule has 3 rings (SSSR count). The van der Waals surface area contributed by atoms with Crippen molar-refractivity contribution in [1.82, 2.24) is 14.5 Å². The fourth-order valence-electron chi connectivity index (χ4n) is 3.47. The van der Waals surface area contributed by atoms with Gasteiger partial charge in [0.2, 0.25) is 0 Å². The Morgan fingerprint density at radius 2 is 1.88 bits per heavy atom. The molecule has 0 aliphatic carbocycles. The third-order valence-electron chi connectivity index (χ3n) is 4.71. The van der Waals surface area contributed by atoms with E-state index in [9.17, 15) is 9.59 Å². The number of aromatic nitrogens is 2. The van der Waals surface area contributed by atoms with Gasteiger partial charge in [0.15, 0.2) is 0 Å². The monoisotopic (exact) mass is 361 g/mol. The first-order valence-corrected chi connectivity index (χ1v) is 8.96. The zero-order chi connectivity index (χ0) is 19.1. The highest BCUT2D eigenvalue weighted by Gasteiger charge is 2.29. The molecule has 1 aromatic heterocycles. The molecule has 1 aliphatic heterocycles. The van der Waals surface area contributed by atoms with Gasteiger partial charge in [-0.25, -0.2) is 9.59 Å². The Morgan fingerprint density at radius 3 is 2.46 bits per heavy atom. The van der Waals surface area contributed by atoms with Crippen LogP contribution in [0, 0.1) is 6.92 Å². The number of fused-ring (bicyclic) bond motifs is 1. The summed E-state index contributed by atoms with van der Waals surface area (Å²) in [5, 5.41) is 0. The van der Waals surface area contributed by atoms with Crippen LogP contribution in [0.4, 0.5) is 4.79 Å². The van der Waals surface area contributed by atoms with Crippen LogP contribution in [0.25, 0.3) is 11.0 Å². The zero-order valence-electron chi connectivity index (χ0n) is 16.1. The minimum atomic E-state index is -0.502. The molecule has 1 amide bonds. The maximum absolute atomic E-state index is 12.5. The minimum absolute atomic E-state index is 0.0581. The van der Waals surface area contributed by atoms with Gasteiger partial charge in [-0.2, -0.15) is 0 Å². The van der Waals surface area contributed by atoms with Crippen molar-refractivity contribution in [2.24, 2.45) is 0 Å². The van der Waals surface area contributed by atoms with Crippen LogP contribution in [-0.4, -0.2) is 46.3 Å². The molecule has 0 bridgehead atoms. The first-order valence-electron chi connectivity index (χ1n) is 8.96. The zero-order valence-corrected chi connectivity index (χ0v) is 16.1. The number of carbonyl (C=O) groups is 1. The van der Waals surface area contributed by atoms with Gasteiger partial charge >= 0.3 is 11.8 Å². The van der Waals surface area contributed by atoms with E-state index in [1.165, 1.54) is 0 Å². The molecule has 1 aliphatic rings. The molecular weight excluding hydrogens is 334 g/mol. The van der Waals surface area contributed by atoms with Crippen molar-refractivity contribution in [2.75, 3.05) is 20.2 Å². The molecule has 1 N–H and O–H groups in total. The van der Waals surface area contributed by atoms with E-state index < -0.39 is 5.60 Å². The molecule has 7 heteroatoms. The Morgan fingerprint density at radius 1 is 1.23 bits per heavy atom. The summed E-state index contributed by atoms with van der Waals surface area (Å²) >= 11 is 0. The molecule has 2 aromatic rings. The predicted octanol–water partition coefficient (Wildman–Crippen LogP) is 3.22. The van der Waals surface area contributed by atoms with E-state index in [1.807, 2.05) is 44.4 Å². The second-order valence-electron chi connectivity index (χ2n) is 7.84. The average molecular weight is 361 g/mol. The van der Waals surface area contributed by atoms with E-state index in [0.29, 0.717) is 13.1 Å². The van der Waals surface area contributed by atoms with Gasteiger partial charge in [0.1, 0.15) is 11.4 Å². The highest BCUT2D eigenvalue weighted by Crippen LogP contribution is 2.29. The standard InChI is InChI=1S/C19H27N3O4/c1-12-10-15-14(11-16(12)25-5)20-17(23)22(15)13-6-8-21(9-7-13)18(24)26-19(2,3)4/h10-11,13H,6-9H2,1-5H3,(H,20,23). The van der Waals surface area contributed by atoms with Gasteiger partial charge in [-0.05, 0) is 52.2 Å². The Balaban J connectivity index is 1.80. The molecule has 0 saturated carbocycles. The van der Waals surface area contributed by atoms with Crippen LogP contribution in [0.1, 0.15) is 45.2 Å². The smallest absolute Gasteiger partial charge is 0.410 e. The maximum Gasteiger partial charge on any atom is 0.410 e. The van der Waals surface area contributed by atoms with E-state index in [2.05, 4.69) is 4.98 Å². The largest absolute Gasteiger partial charge is 0.496 e. The summed E-state index contributed by atoms with van der Waals surface area (Å²) in [4.78, 5) is 29.4. The van der Waals surface area contributed by atoms with Crippen LogP contribution in [0.15, 0.2) is 16.9 Å². The second-order valence-corrected chi connectivity index (χ2v) is 7.84. The number of benzene rings is 1. The van der Waals surface area contributed by atoms with E-state index >= 15 is 0 Å². The Labute approximate surface area is 152 Å². The number of likely N-dealkylation sites (tertiary alicyclic amines) is 1. The number of rotatable bonds is 2. The first kappa shape index (κ1) is 18.4. The molecule has 7 nitrogen and oxygen atoms in total. The molecule has 0 atom stereocenters. The van der Waals surface area contributed by atoms with Gasteiger partial charge in [-0.3, -0.25) is 4.57 Å². The molecule has 0 radical (unpaired) electrons. The highest BCUT2D eigenvalue weighted by atomic mass is 16.6. The number of ether oxygens (including phenoxy) is 2. The molecule has 142 valence electrons. The maximum atomic E-state index is 12.5. The van der Waals surface area contributed by atoms with Crippen LogP contribution < -0.4 is 10.4 Å². The van der Waals surface area contributed by atoms with Gasteiger partial charge in [-0.15, -0.1) is 0 Å². The summed E-state index contributed by atoms with van der Waals surface area (Å²) in [6.07, 6.45) is 1.15. The summed E-state index contributed by atoms with van der Waals surface area (Å²) in [5.74, 6) is 0.755. The highest BCUT2D eigenvalue weighted by molar-refractivity contribution is 5.78. The van der Waals surface area contributed by atoms with E-state index in [-0.39, 0.29) is 17.8 Å². The molecule has 1 fully saturated rings. The molecule has 0 spiro atoms. The fraction of sp³-hybridized carbons (Fsp3) is 0.579. The fourth-order valence-corrected chi connectivity index (χ4v) is 3.47. The van der Waals surface area contributed by atoms with E-state index in [1.54, 1.807) is 12.0 Å². The number of imidazole rings is 1. The lowest BCUT2D eigenvalue weighted by Crippen LogP contribution is -2.43. The lowest BCUT2D eigenvalue weighted by Gasteiger charge is -2.33. The van der Waals surface area contributed by atoms with Gasteiger partial charge in [0.25, 0.3) is 0 Å². The predicted molar refractivity (Wildman–Crippen MR) is 99.9 cm³/mol. The number of methoxy groups -OCH3 is 1. The summed E-state index contributed by atoms with van der Waals surface area (Å²) in [6, 6.07) is 3.90. The average Bonchev–Trinajstić information content (AvgIpc) is 2.87. The van der Waals surface area contributed by atoms with Crippen molar-refractivity contribution in [3.8, 4) is 5.75 Å². The molecule has 0 unspecified atom stereocenters. The van der Waals surface area contributed by atoms with Gasteiger partial charge in [0, 0.05) is 25.2 Å². The van der Waals surface area contributed by atoms with E-state index in [4.69, 9.17) is 9.47 Å². The summed E-state index contributed by atoms with van der Waals surface area (Å²) in [5.41, 5.74) is 2.01. The normalized spacial score (nSPS) is 16.1. The van der Waals surface area contributed by atoms with Crippen LogP contribution in [0.5, 0.6) is 5.75 Å². The number of nitrogens with zero attached hydrogens (tertiary/aromatic N) is 2. The number of hydrogen-bond donors (Lipinski definition) is 1. The van der Waals surface area contributed by atoms with Gasteiger partial charge in [0.05, 0.1) is 18.1 Å². The Kier molecular flexibility index (Phi) is 4.73. The number of amides is 1. The summed E-state index contributed by atoms with van der Waals surface area (Å²) < 4.78 is 12.6. The quantitative estimate of drug-likeness (QED) is 0.891. The molecular formula is C19H27N3O4. The van der Waals surface area contributed by atoms with Crippen LogP contribution in [0.2, 0.25) is 0 Å². The summed E-state index contributed by atoms with van der Waals surface area (Å²) in [6.45, 7) is 8.70. The minimum Gasteiger partial charge on any atom is -0.496 e. The van der Waals surface area contributed by atoms with Crippen molar-refractivity contribution >= 4 is 17.1 Å². The third kappa shape index (κ3) is 3.57. The van der Waals surface area contributed by atoms with Crippen LogP contribution >= 0.6 is 0 Å². The first-order chi connectivity index (χ1) is 12.2. The van der Waals surface area contributed by atoms with Gasteiger partial charge < -0.3 is 19.4 Å². The number of carbonyl (C=O) groups excluding carboxylic acids is 1. The van der Waals surface area contributed by atoms with Gasteiger partial charge in [-0.1, -0.05) is 0 Å². The number of aromatic amines is 1. The summed E-state index contributed by atoms with van der Waals surface area (Å²) in [7, 11) is 1.62. The van der Waals surface area contributed by atoms with Crippen molar-refractivity contribution in [3.63, 3.8) is 0 Å². The second kappa shape index (κ2) is 6.70.